The van der Waals surface area contributed by atoms with Gasteiger partial charge in [-0.1, -0.05) is 0 Å². The Hall–Kier alpha value is -1.60. The third kappa shape index (κ3) is 3.24. The average molecular weight is 342 g/mol. The van der Waals surface area contributed by atoms with E-state index in [4.69, 9.17) is 5.73 Å². The fourth-order valence-electron chi connectivity index (χ4n) is 1.58. The number of nitrogens with zero attached hydrogens (tertiary/aromatic N) is 1. The summed E-state index contributed by atoms with van der Waals surface area (Å²) >= 11 is 3.24. The first kappa shape index (κ1) is 13.8. The number of pyridine rings is 1. The van der Waals surface area contributed by atoms with Crippen molar-refractivity contribution in [2.45, 2.75) is 11.8 Å². The van der Waals surface area contributed by atoms with Gasteiger partial charge in [-0.3, -0.25) is 4.72 Å². The second-order valence-electron chi connectivity index (χ2n) is 4.02. The first-order valence-electron chi connectivity index (χ1n) is 5.39. The molecule has 100 valence electrons. The topological polar surface area (TPSA) is 85.1 Å². The molecular weight excluding hydrogens is 330 g/mol. The molecule has 0 bridgehead atoms. The number of benzene rings is 1. The van der Waals surface area contributed by atoms with Crippen LogP contribution < -0.4 is 10.5 Å². The van der Waals surface area contributed by atoms with Crippen LogP contribution in [0.2, 0.25) is 0 Å². The van der Waals surface area contributed by atoms with Crippen LogP contribution in [0.3, 0.4) is 0 Å². The van der Waals surface area contributed by atoms with Gasteiger partial charge in [-0.2, -0.15) is 0 Å². The van der Waals surface area contributed by atoms with Gasteiger partial charge in [0.05, 0.1) is 9.37 Å². The van der Waals surface area contributed by atoms with Crippen molar-refractivity contribution in [3.05, 3.63) is 46.6 Å². The Morgan fingerprint density at radius 2 is 2.05 bits per heavy atom. The number of halogens is 1. The molecular formula is C12H12BrN3O2S. The molecule has 7 heteroatoms. The van der Waals surface area contributed by atoms with E-state index in [1.807, 2.05) is 0 Å². The molecule has 0 fully saturated rings. The van der Waals surface area contributed by atoms with E-state index in [1.54, 1.807) is 31.2 Å². The predicted octanol–water partition coefficient (Wildman–Crippen LogP) is 2.54. The SMILES string of the molecule is Cc1cc(N)cc(S(=O)(=O)Nc2ncccc2Br)c1. The summed E-state index contributed by atoms with van der Waals surface area (Å²) in [6.45, 7) is 1.78. The molecule has 1 heterocycles. The zero-order chi connectivity index (χ0) is 14.0. The molecule has 1 aromatic heterocycles. The van der Waals surface area contributed by atoms with E-state index in [-0.39, 0.29) is 10.7 Å². The molecule has 0 unspecified atom stereocenters. The average Bonchev–Trinajstić information content (AvgIpc) is 2.31. The lowest BCUT2D eigenvalue weighted by Gasteiger charge is -2.09. The van der Waals surface area contributed by atoms with Crippen molar-refractivity contribution in [2.24, 2.45) is 0 Å². The predicted molar refractivity (Wildman–Crippen MR) is 78.3 cm³/mol. The molecule has 1 aromatic carbocycles. The molecule has 0 amide bonds. The van der Waals surface area contributed by atoms with E-state index in [9.17, 15) is 8.42 Å². The fourth-order valence-corrected chi connectivity index (χ4v) is 3.23. The summed E-state index contributed by atoms with van der Waals surface area (Å²) in [6, 6.07) is 8.07. The molecule has 3 N–H and O–H groups in total. The Kier molecular flexibility index (Phi) is 3.77. The number of aromatic nitrogens is 1. The van der Waals surface area contributed by atoms with Gasteiger partial charge in [0.2, 0.25) is 0 Å². The summed E-state index contributed by atoms with van der Waals surface area (Å²) in [6.07, 6.45) is 1.51. The number of nitrogens with one attached hydrogen (secondary N) is 1. The van der Waals surface area contributed by atoms with Gasteiger partial charge < -0.3 is 5.73 Å². The van der Waals surface area contributed by atoms with Crippen molar-refractivity contribution in [3.8, 4) is 0 Å². The van der Waals surface area contributed by atoms with E-state index in [0.29, 0.717) is 10.2 Å². The number of nitrogens with two attached hydrogens (primary N) is 1. The maximum absolute atomic E-state index is 12.2. The molecule has 0 spiro atoms. The van der Waals surface area contributed by atoms with E-state index in [0.717, 1.165) is 5.56 Å². The monoisotopic (exact) mass is 341 g/mol. The Labute approximate surface area is 120 Å². The van der Waals surface area contributed by atoms with Crippen LogP contribution in [0, 0.1) is 6.92 Å². The van der Waals surface area contributed by atoms with Crippen molar-refractivity contribution in [3.63, 3.8) is 0 Å². The molecule has 0 saturated carbocycles. The summed E-state index contributed by atoms with van der Waals surface area (Å²) in [5.41, 5.74) is 6.84. The lowest BCUT2D eigenvalue weighted by molar-refractivity contribution is 0.601. The first-order valence-corrected chi connectivity index (χ1v) is 7.66. The maximum atomic E-state index is 12.2. The van der Waals surface area contributed by atoms with Crippen molar-refractivity contribution in [2.75, 3.05) is 10.5 Å². The van der Waals surface area contributed by atoms with E-state index >= 15 is 0 Å². The summed E-state index contributed by atoms with van der Waals surface area (Å²) in [7, 11) is -3.70. The second kappa shape index (κ2) is 5.18. The van der Waals surface area contributed by atoms with Crippen molar-refractivity contribution in [1.29, 1.82) is 0 Å². The maximum Gasteiger partial charge on any atom is 0.263 e. The molecule has 0 aliphatic carbocycles. The van der Waals surface area contributed by atoms with E-state index in [1.165, 1.54) is 12.3 Å². The number of anilines is 2. The minimum atomic E-state index is -3.70. The zero-order valence-electron chi connectivity index (χ0n) is 10.1. The third-order valence-corrected chi connectivity index (χ3v) is 4.33. The third-order valence-electron chi connectivity index (χ3n) is 2.37. The highest BCUT2D eigenvalue weighted by Gasteiger charge is 2.17. The molecule has 19 heavy (non-hydrogen) atoms. The Bertz CT molecular complexity index is 696. The van der Waals surface area contributed by atoms with E-state index in [2.05, 4.69) is 25.6 Å². The molecule has 5 nitrogen and oxygen atoms in total. The number of hydrogen-bond donors (Lipinski definition) is 2. The second-order valence-corrected chi connectivity index (χ2v) is 6.56. The van der Waals surface area contributed by atoms with Crippen molar-refractivity contribution >= 4 is 37.5 Å². The van der Waals surface area contributed by atoms with Gasteiger partial charge in [0.1, 0.15) is 0 Å². The largest absolute Gasteiger partial charge is 0.399 e. The van der Waals surface area contributed by atoms with Crippen LogP contribution in [0.15, 0.2) is 45.9 Å². The highest BCUT2D eigenvalue weighted by Crippen LogP contribution is 2.23. The number of aryl methyl sites for hydroxylation is 1. The van der Waals surface area contributed by atoms with Gasteiger partial charge in [-0.25, -0.2) is 13.4 Å². The molecule has 0 aliphatic rings. The molecule has 2 aromatic rings. The molecule has 0 atom stereocenters. The van der Waals surface area contributed by atoms with Gasteiger partial charge in [-0.15, -0.1) is 0 Å². The van der Waals surface area contributed by atoms with Gasteiger partial charge >= 0.3 is 0 Å². The van der Waals surface area contributed by atoms with Gasteiger partial charge in [-0.05, 0) is 58.7 Å². The Balaban J connectivity index is 2.41. The van der Waals surface area contributed by atoms with Crippen LogP contribution in [0.4, 0.5) is 11.5 Å². The van der Waals surface area contributed by atoms with Crippen LogP contribution >= 0.6 is 15.9 Å². The summed E-state index contributed by atoms with van der Waals surface area (Å²) in [4.78, 5) is 4.08. The number of hydrogen-bond acceptors (Lipinski definition) is 4. The zero-order valence-corrected chi connectivity index (χ0v) is 12.5. The standard InChI is InChI=1S/C12H12BrN3O2S/c1-8-5-9(14)7-10(6-8)19(17,18)16-12-11(13)3-2-4-15-12/h2-7H,14H2,1H3,(H,15,16). The van der Waals surface area contributed by atoms with Crippen LogP contribution in [0.1, 0.15) is 5.56 Å². The Morgan fingerprint density at radius 3 is 2.68 bits per heavy atom. The van der Waals surface area contributed by atoms with Crippen LogP contribution in [-0.4, -0.2) is 13.4 Å². The molecule has 0 aliphatic heterocycles. The summed E-state index contributed by atoms with van der Waals surface area (Å²) < 4.78 is 27.4. The quantitative estimate of drug-likeness (QED) is 0.840. The fraction of sp³-hybridized carbons (Fsp3) is 0.0833. The van der Waals surface area contributed by atoms with Gasteiger partial charge in [0, 0.05) is 11.9 Å². The molecule has 2 rings (SSSR count). The summed E-state index contributed by atoms with van der Waals surface area (Å²) in [5.74, 6) is 0.238. The number of rotatable bonds is 3. The van der Waals surface area contributed by atoms with Crippen LogP contribution in [0.5, 0.6) is 0 Å². The lowest BCUT2D eigenvalue weighted by Crippen LogP contribution is -2.14. The normalized spacial score (nSPS) is 11.3. The summed E-state index contributed by atoms with van der Waals surface area (Å²) in [5, 5.41) is 0. The highest BCUT2D eigenvalue weighted by atomic mass is 79.9. The van der Waals surface area contributed by atoms with Crippen LogP contribution in [-0.2, 0) is 10.0 Å². The minimum Gasteiger partial charge on any atom is -0.399 e. The van der Waals surface area contributed by atoms with Gasteiger partial charge in [0.15, 0.2) is 5.82 Å². The smallest absolute Gasteiger partial charge is 0.263 e. The number of nitrogen functional groups attached to an aromatic ring is 1. The van der Waals surface area contributed by atoms with Crippen LogP contribution in [0.25, 0.3) is 0 Å². The van der Waals surface area contributed by atoms with Crippen molar-refractivity contribution < 1.29 is 8.42 Å². The Morgan fingerprint density at radius 1 is 1.32 bits per heavy atom. The first-order chi connectivity index (χ1) is 8.88. The highest BCUT2D eigenvalue weighted by molar-refractivity contribution is 9.10. The molecule has 0 saturated heterocycles. The van der Waals surface area contributed by atoms with Gasteiger partial charge in [0.25, 0.3) is 10.0 Å². The minimum absolute atomic E-state index is 0.113. The van der Waals surface area contributed by atoms with E-state index < -0.39 is 10.0 Å². The van der Waals surface area contributed by atoms with Crippen molar-refractivity contribution in [1.82, 2.24) is 4.98 Å². The number of sulfonamides is 1. The molecule has 0 radical (unpaired) electrons. The lowest BCUT2D eigenvalue weighted by atomic mass is 10.2.